The molecule has 2 atom stereocenters. The first-order valence-electron chi connectivity index (χ1n) is 6.73. The van der Waals surface area contributed by atoms with E-state index in [1.54, 1.807) is 6.20 Å². The Morgan fingerprint density at radius 2 is 2.47 bits per heavy atom. The molecule has 0 saturated carbocycles. The van der Waals surface area contributed by atoms with E-state index in [0.29, 0.717) is 19.1 Å². The molecule has 0 aliphatic carbocycles. The van der Waals surface area contributed by atoms with Gasteiger partial charge < -0.3 is 15.4 Å². The summed E-state index contributed by atoms with van der Waals surface area (Å²) in [4.78, 5) is 16.8. The standard InChI is InChI=1S/C14H19N3O2/c1-10-2-3-12(7-16-10)17-13(18)14-8-15-6-11(14)4-5-19-9-14/h2-3,7,11,15H,4-6,8-9H2,1H3,(H,17,18)/t11-,14+/m1/s1. The van der Waals surface area contributed by atoms with Gasteiger partial charge in [-0.3, -0.25) is 9.78 Å². The number of ether oxygens (including phenoxy) is 1. The van der Waals surface area contributed by atoms with Crippen LogP contribution in [0.5, 0.6) is 0 Å². The summed E-state index contributed by atoms with van der Waals surface area (Å²) >= 11 is 0. The Balaban J connectivity index is 1.77. The van der Waals surface area contributed by atoms with E-state index in [9.17, 15) is 4.79 Å². The number of nitrogens with one attached hydrogen (secondary N) is 2. The number of hydrogen-bond donors (Lipinski definition) is 2. The molecule has 0 spiro atoms. The summed E-state index contributed by atoms with van der Waals surface area (Å²) in [7, 11) is 0. The van der Waals surface area contributed by atoms with Crippen molar-refractivity contribution in [3.8, 4) is 0 Å². The maximum absolute atomic E-state index is 12.6. The molecule has 2 fully saturated rings. The largest absolute Gasteiger partial charge is 0.380 e. The molecule has 5 heteroatoms. The van der Waals surface area contributed by atoms with Gasteiger partial charge in [-0.2, -0.15) is 0 Å². The van der Waals surface area contributed by atoms with Crippen LogP contribution < -0.4 is 10.6 Å². The highest BCUT2D eigenvalue weighted by molar-refractivity contribution is 5.96. The lowest BCUT2D eigenvalue weighted by atomic mass is 9.75. The molecule has 1 aromatic rings. The van der Waals surface area contributed by atoms with Gasteiger partial charge in [-0.05, 0) is 37.9 Å². The third kappa shape index (κ3) is 2.24. The molecule has 1 amide bonds. The molecule has 3 heterocycles. The highest BCUT2D eigenvalue weighted by Gasteiger charge is 2.50. The van der Waals surface area contributed by atoms with Crippen molar-refractivity contribution >= 4 is 11.6 Å². The molecule has 2 aliphatic rings. The molecule has 0 radical (unpaired) electrons. The summed E-state index contributed by atoms with van der Waals surface area (Å²) < 4.78 is 5.55. The molecule has 1 aromatic heterocycles. The van der Waals surface area contributed by atoms with Crippen LogP contribution in [0.4, 0.5) is 5.69 Å². The summed E-state index contributed by atoms with van der Waals surface area (Å²) in [6.45, 7) is 4.80. The first-order chi connectivity index (χ1) is 9.21. The number of anilines is 1. The van der Waals surface area contributed by atoms with Crippen molar-refractivity contribution in [1.82, 2.24) is 10.3 Å². The molecule has 0 aromatic carbocycles. The third-order valence-corrected chi connectivity index (χ3v) is 4.20. The summed E-state index contributed by atoms with van der Waals surface area (Å²) in [5.74, 6) is 0.424. The summed E-state index contributed by atoms with van der Waals surface area (Å²) in [6, 6.07) is 3.78. The lowest BCUT2D eigenvalue weighted by Gasteiger charge is -2.36. The van der Waals surface area contributed by atoms with Crippen molar-refractivity contribution < 1.29 is 9.53 Å². The number of pyridine rings is 1. The van der Waals surface area contributed by atoms with Crippen LogP contribution in [-0.4, -0.2) is 37.2 Å². The van der Waals surface area contributed by atoms with Crippen molar-refractivity contribution in [3.05, 3.63) is 24.0 Å². The normalized spacial score (nSPS) is 29.8. The first kappa shape index (κ1) is 12.6. The second-order valence-corrected chi connectivity index (χ2v) is 5.47. The van der Waals surface area contributed by atoms with Crippen molar-refractivity contribution in [1.29, 1.82) is 0 Å². The van der Waals surface area contributed by atoms with Crippen molar-refractivity contribution in [3.63, 3.8) is 0 Å². The number of nitrogens with zero attached hydrogens (tertiary/aromatic N) is 1. The van der Waals surface area contributed by atoms with Gasteiger partial charge in [0.2, 0.25) is 5.91 Å². The Kier molecular flexibility index (Phi) is 3.24. The smallest absolute Gasteiger partial charge is 0.234 e. The number of carbonyl (C=O) groups excluding carboxylic acids is 1. The fourth-order valence-electron chi connectivity index (χ4n) is 2.96. The van der Waals surface area contributed by atoms with E-state index in [4.69, 9.17) is 4.74 Å². The van der Waals surface area contributed by atoms with E-state index in [1.807, 2.05) is 19.1 Å². The molecule has 2 N–H and O–H groups in total. The predicted molar refractivity (Wildman–Crippen MR) is 71.8 cm³/mol. The van der Waals surface area contributed by atoms with E-state index < -0.39 is 5.41 Å². The Labute approximate surface area is 112 Å². The van der Waals surface area contributed by atoms with E-state index in [1.165, 1.54) is 0 Å². The average molecular weight is 261 g/mol. The number of rotatable bonds is 2. The van der Waals surface area contributed by atoms with E-state index in [0.717, 1.165) is 31.0 Å². The van der Waals surface area contributed by atoms with Gasteiger partial charge in [0.25, 0.3) is 0 Å². The van der Waals surface area contributed by atoms with Crippen LogP contribution in [0.25, 0.3) is 0 Å². The average Bonchev–Trinajstić information content (AvgIpc) is 2.86. The van der Waals surface area contributed by atoms with Crippen LogP contribution in [-0.2, 0) is 9.53 Å². The Morgan fingerprint density at radius 3 is 3.26 bits per heavy atom. The third-order valence-electron chi connectivity index (χ3n) is 4.20. The minimum absolute atomic E-state index is 0.0489. The van der Waals surface area contributed by atoms with E-state index in [2.05, 4.69) is 15.6 Å². The molecule has 19 heavy (non-hydrogen) atoms. The van der Waals surface area contributed by atoms with Crippen LogP contribution >= 0.6 is 0 Å². The van der Waals surface area contributed by atoms with Crippen molar-refractivity contribution in [2.45, 2.75) is 13.3 Å². The molecule has 0 unspecified atom stereocenters. The number of amides is 1. The molecular formula is C14H19N3O2. The fourth-order valence-corrected chi connectivity index (χ4v) is 2.96. The van der Waals surface area contributed by atoms with Gasteiger partial charge in [-0.1, -0.05) is 0 Å². The maximum Gasteiger partial charge on any atom is 0.234 e. The highest BCUT2D eigenvalue weighted by Crippen LogP contribution is 2.38. The Morgan fingerprint density at radius 1 is 1.58 bits per heavy atom. The molecule has 3 rings (SSSR count). The first-order valence-corrected chi connectivity index (χ1v) is 6.73. The minimum Gasteiger partial charge on any atom is -0.380 e. The zero-order chi connectivity index (χ0) is 13.3. The van der Waals surface area contributed by atoms with Gasteiger partial charge in [0.1, 0.15) is 0 Å². The van der Waals surface area contributed by atoms with E-state index >= 15 is 0 Å². The SMILES string of the molecule is Cc1ccc(NC(=O)[C@]23CNC[C@H]2CCOC3)cn1. The highest BCUT2D eigenvalue weighted by atomic mass is 16.5. The van der Waals surface area contributed by atoms with Crippen molar-refractivity contribution in [2.24, 2.45) is 11.3 Å². The van der Waals surface area contributed by atoms with Gasteiger partial charge in [0, 0.05) is 18.8 Å². The summed E-state index contributed by atoms with van der Waals surface area (Å²) in [5.41, 5.74) is 1.28. The summed E-state index contributed by atoms with van der Waals surface area (Å²) in [6.07, 6.45) is 2.65. The number of carbonyl (C=O) groups is 1. The minimum atomic E-state index is -0.414. The second kappa shape index (κ2) is 4.90. The van der Waals surface area contributed by atoms with Gasteiger partial charge in [0.05, 0.1) is 23.9 Å². The lowest BCUT2D eigenvalue weighted by Crippen LogP contribution is -2.49. The molecule has 102 valence electrons. The molecular weight excluding hydrogens is 242 g/mol. The molecule has 5 nitrogen and oxygen atoms in total. The number of aryl methyl sites for hydroxylation is 1. The number of aromatic nitrogens is 1. The Bertz CT molecular complexity index is 474. The lowest BCUT2D eigenvalue weighted by molar-refractivity contribution is -0.135. The predicted octanol–water partition coefficient (Wildman–Crippen LogP) is 0.955. The van der Waals surface area contributed by atoms with Gasteiger partial charge >= 0.3 is 0 Å². The maximum atomic E-state index is 12.6. The van der Waals surface area contributed by atoms with Crippen LogP contribution in [0.2, 0.25) is 0 Å². The molecule has 2 aliphatic heterocycles. The molecule has 0 bridgehead atoms. The quantitative estimate of drug-likeness (QED) is 0.832. The van der Waals surface area contributed by atoms with Crippen LogP contribution in [0, 0.1) is 18.3 Å². The summed E-state index contributed by atoms with van der Waals surface area (Å²) in [5, 5.41) is 6.30. The molecule has 2 saturated heterocycles. The fraction of sp³-hybridized carbons (Fsp3) is 0.571. The van der Waals surface area contributed by atoms with Gasteiger partial charge in [-0.25, -0.2) is 0 Å². The zero-order valence-corrected chi connectivity index (χ0v) is 11.1. The monoisotopic (exact) mass is 261 g/mol. The van der Waals surface area contributed by atoms with Crippen LogP contribution in [0.3, 0.4) is 0 Å². The number of fused-ring (bicyclic) bond motifs is 1. The topological polar surface area (TPSA) is 63.2 Å². The Hall–Kier alpha value is -1.46. The zero-order valence-electron chi connectivity index (χ0n) is 11.1. The van der Waals surface area contributed by atoms with Gasteiger partial charge in [-0.15, -0.1) is 0 Å². The number of hydrogen-bond acceptors (Lipinski definition) is 4. The van der Waals surface area contributed by atoms with E-state index in [-0.39, 0.29) is 5.91 Å². The van der Waals surface area contributed by atoms with Gasteiger partial charge in [0.15, 0.2) is 0 Å². The van der Waals surface area contributed by atoms with Crippen LogP contribution in [0.15, 0.2) is 18.3 Å². The second-order valence-electron chi connectivity index (χ2n) is 5.47. The van der Waals surface area contributed by atoms with Crippen LogP contribution in [0.1, 0.15) is 12.1 Å². The van der Waals surface area contributed by atoms with Crippen molar-refractivity contribution in [2.75, 3.05) is 31.6 Å².